The minimum absolute atomic E-state index is 0.229. The summed E-state index contributed by atoms with van der Waals surface area (Å²) in [4.78, 5) is 4.83. The zero-order valence-electron chi connectivity index (χ0n) is 18.3. The fourth-order valence-corrected chi connectivity index (χ4v) is 3.92. The maximum absolute atomic E-state index is 10.7. The molecule has 29 heavy (non-hydrogen) atoms. The molecule has 1 aliphatic rings. The summed E-state index contributed by atoms with van der Waals surface area (Å²) < 4.78 is 16.0. The van der Waals surface area contributed by atoms with Gasteiger partial charge in [0.15, 0.2) is 5.96 Å². The van der Waals surface area contributed by atoms with Gasteiger partial charge in [-0.15, -0.1) is 0 Å². The molecule has 0 aliphatic heterocycles. The number of nitrogens with zero attached hydrogens (tertiary/aromatic N) is 1. The molecule has 1 fully saturated rings. The third kappa shape index (κ3) is 6.78. The molecule has 1 saturated carbocycles. The largest absolute Gasteiger partial charge is 0.497 e. The molecule has 0 saturated heterocycles. The first-order valence-electron chi connectivity index (χ1n) is 10.5. The fraction of sp³-hybridized carbons (Fsp3) is 0.682. The van der Waals surface area contributed by atoms with Crippen molar-refractivity contribution < 1.29 is 19.3 Å². The van der Waals surface area contributed by atoms with Crippen molar-refractivity contribution >= 4 is 5.96 Å². The van der Waals surface area contributed by atoms with Crippen molar-refractivity contribution in [3.63, 3.8) is 0 Å². The highest BCUT2D eigenvalue weighted by Gasteiger charge is 2.33. The zero-order valence-corrected chi connectivity index (χ0v) is 18.3. The first-order valence-corrected chi connectivity index (χ1v) is 10.5. The molecule has 2 rings (SSSR count). The Balaban J connectivity index is 2.03. The van der Waals surface area contributed by atoms with Crippen LogP contribution in [-0.4, -0.2) is 58.6 Å². The second-order valence-corrected chi connectivity index (χ2v) is 7.65. The van der Waals surface area contributed by atoms with E-state index >= 15 is 0 Å². The summed E-state index contributed by atoms with van der Waals surface area (Å²) in [6.45, 7) is 4.66. The number of hydrogen-bond acceptors (Lipinski definition) is 5. The van der Waals surface area contributed by atoms with Crippen LogP contribution in [0.4, 0.5) is 0 Å². The summed E-state index contributed by atoms with van der Waals surface area (Å²) >= 11 is 0. The molecule has 1 unspecified atom stereocenters. The van der Waals surface area contributed by atoms with Gasteiger partial charge < -0.3 is 30.0 Å². The number of guanidine groups is 1. The van der Waals surface area contributed by atoms with Gasteiger partial charge in [-0.1, -0.05) is 12.8 Å². The van der Waals surface area contributed by atoms with Gasteiger partial charge >= 0.3 is 0 Å². The summed E-state index contributed by atoms with van der Waals surface area (Å²) in [5, 5.41) is 17.3. The molecular formula is C22H37N3O4. The lowest BCUT2D eigenvalue weighted by Gasteiger charge is -2.27. The van der Waals surface area contributed by atoms with Gasteiger partial charge in [0.05, 0.1) is 20.3 Å². The van der Waals surface area contributed by atoms with Crippen LogP contribution >= 0.6 is 0 Å². The number of aliphatic imine (C=N–C) groups is 1. The predicted octanol–water partition coefficient (Wildman–Crippen LogP) is 2.89. The molecule has 164 valence electrons. The van der Waals surface area contributed by atoms with Gasteiger partial charge in [0.2, 0.25) is 0 Å². The van der Waals surface area contributed by atoms with E-state index in [0.717, 1.165) is 32.1 Å². The van der Waals surface area contributed by atoms with Crippen molar-refractivity contribution in [3.8, 4) is 11.5 Å². The molecule has 1 aromatic carbocycles. The number of aliphatic hydroxyl groups excluding tert-OH is 1. The van der Waals surface area contributed by atoms with Gasteiger partial charge in [-0.25, -0.2) is 0 Å². The normalized spacial score (nSPS) is 17.1. The monoisotopic (exact) mass is 407 g/mol. The number of ether oxygens (including phenoxy) is 3. The number of hydrogen-bond donors (Lipinski definition) is 3. The maximum atomic E-state index is 10.7. The standard InChI is InChI=1S/C22H37N3O4/c1-5-23-21(25-16-22(12-13-27-2)10-6-7-11-22)24-15-19(26)18-14-17(28-3)8-9-20(18)29-4/h8-9,14,19,26H,5-7,10-13,15-16H2,1-4H3,(H2,23,24,25). The highest BCUT2D eigenvalue weighted by atomic mass is 16.5. The molecule has 7 nitrogen and oxygen atoms in total. The number of benzene rings is 1. The molecule has 0 spiro atoms. The van der Waals surface area contributed by atoms with Crippen molar-refractivity contribution in [2.24, 2.45) is 10.4 Å². The summed E-state index contributed by atoms with van der Waals surface area (Å²) in [7, 11) is 4.96. The van der Waals surface area contributed by atoms with E-state index in [-0.39, 0.29) is 5.41 Å². The van der Waals surface area contributed by atoms with Crippen LogP contribution in [0.2, 0.25) is 0 Å². The Morgan fingerprint density at radius 2 is 1.93 bits per heavy atom. The van der Waals surface area contributed by atoms with Gasteiger partial charge in [-0.2, -0.15) is 0 Å². The number of rotatable bonds is 11. The maximum Gasteiger partial charge on any atom is 0.191 e. The molecule has 1 aromatic rings. The third-order valence-corrected chi connectivity index (χ3v) is 5.68. The van der Waals surface area contributed by atoms with Crippen LogP contribution in [0, 0.1) is 5.41 Å². The molecule has 1 atom stereocenters. The summed E-state index contributed by atoms with van der Waals surface area (Å²) in [5.74, 6) is 2.03. The Labute approximate surface area is 174 Å². The SMILES string of the molecule is CCNC(=NCC1(CCOC)CCCC1)NCC(O)c1cc(OC)ccc1OC. The number of aliphatic hydroxyl groups is 1. The topological polar surface area (TPSA) is 84.3 Å². The Hall–Kier alpha value is -1.99. The first kappa shape index (κ1) is 23.3. The lowest BCUT2D eigenvalue weighted by Crippen LogP contribution is -2.40. The quantitative estimate of drug-likeness (QED) is 0.386. The fourth-order valence-electron chi connectivity index (χ4n) is 3.92. The summed E-state index contributed by atoms with van der Waals surface area (Å²) in [6.07, 6.45) is 5.20. The second kappa shape index (κ2) is 11.9. The molecule has 0 heterocycles. The van der Waals surface area contributed by atoms with E-state index in [9.17, 15) is 5.11 Å². The van der Waals surface area contributed by atoms with Crippen LogP contribution in [0.25, 0.3) is 0 Å². The van der Waals surface area contributed by atoms with Gasteiger partial charge in [0.25, 0.3) is 0 Å². The van der Waals surface area contributed by atoms with Gasteiger partial charge in [0, 0.05) is 38.9 Å². The molecule has 0 bridgehead atoms. The van der Waals surface area contributed by atoms with Crippen molar-refractivity contribution in [1.29, 1.82) is 0 Å². The molecule has 0 aromatic heterocycles. The molecule has 7 heteroatoms. The molecule has 0 radical (unpaired) electrons. The minimum atomic E-state index is -0.752. The van der Waals surface area contributed by atoms with Gasteiger partial charge in [-0.3, -0.25) is 4.99 Å². The predicted molar refractivity (Wildman–Crippen MR) is 116 cm³/mol. The minimum Gasteiger partial charge on any atom is -0.497 e. The lowest BCUT2D eigenvalue weighted by molar-refractivity contribution is 0.141. The van der Waals surface area contributed by atoms with Gasteiger partial charge in [-0.05, 0) is 49.8 Å². The Morgan fingerprint density at radius 3 is 2.55 bits per heavy atom. The van der Waals surface area contributed by atoms with E-state index < -0.39 is 6.10 Å². The van der Waals surface area contributed by atoms with Crippen LogP contribution in [0.1, 0.15) is 50.7 Å². The lowest BCUT2D eigenvalue weighted by atomic mass is 9.83. The van der Waals surface area contributed by atoms with Crippen LogP contribution < -0.4 is 20.1 Å². The first-order chi connectivity index (χ1) is 14.1. The van der Waals surface area contributed by atoms with Crippen molar-refractivity contribution in [1.82, 2.24) is 10.6 Å². The van der Waals surface area contributed by atoms with Crippen molar-refractivity contribution in [2.75, 3.05) is 47.6 Å². The molecule has 3 N–H and O–H groups in total. The average Bonchev–Trinajstić information content (AvgIpc) is 3.22. The average molecular weight is 408 g/mol. The van der Waals surface area contributed by atoms with Crippen LogP contribution in [-0.2, 0) is 4.74 Å². The second-order valence-electron chi connectivity index (χ2n) is 7.65. The zero-order chi connectivity index (χ0) is 21.1. The Kier molecular flexibility index (Phi) is 9.54. The number of nitrogens with one attached hydrogen (secondary N) is 2. The van der Waals surface area contributed by atoms with E-state index in [0.29, 0.717) is 23.6 Å². The third-order valence-electron chi connectivity index (χ3n) is 5.68. The Morgan fingerprint density at radius 1 is 1.17 bits per heavy atom. The van der Waals surface area contributed by atoms with E-state index in [1.54, 1.807) is 33.5 Å². The number of methoxy groups -OCH3 is 3. The molecular weight excluding hydrogens is 370 g/mol. The summed E-state index contributed by atoms with van der Waals surface area (Å²) in [5.41, 5.74) is 0.912. The van der Waals surface area contributed by atoms with Crippen LogP contribution in [0.15, 0.2) is 23.2 Å². The van der Waals surface area contributed by atoms with E-state index in [4.69, 9.17) is 19.2 Å². The van der Waals surface area contributed by atoms with Crippen molar-refractivity contribution in [2.45, 2.75) is 45.1 Å². The van der Waals surface area contributed by atoms with Crippen LogP contribution in [0.5, 0.6) is 11.5 Å². The smallest absolute Gasteiger partial charge is 0.191 e. The van der Waals surface area contributed by atoms with Gasteiger partial charge in [0.1, 0.15) is 11.5 Å². The molecule has 1 aliphatic carbocycles. The highest BCUT2D eigenvalue weighted by Crippen LogP contribution is 2.41. The van der Waals surface area contributed by atoms with E-state index in [1.807, 2.05) is 13.0 Å². The molecule has 0 amide bonds. The van der Waals surface area contributed by atoms with E-state index in [2.05, 4.69) is 10.6 Å². The highest BCUT2D eigenvalue weighted by molar-refractivity contribution is 5.79. The van der Waals surface area contributed by atoms with Crippen LogP contribution in [0.3, 0.4) is 0 Å². The van der Waals surface area contributed by atoms with Crippen molar-refractivity contribution in [3.05, 3.63) is 23.8 Å². The van der Waals surface area contributed by atoms with E-state index in [1.165, 1.54) is 25.7 Å². The summed E-state index contributed by atoms with van der Waals surface area (Å²) in [6, 6.07) is 5.42. The Bertz CT molecular complexity index is 645.